The second kappa shape index (κ2) is 8.70. The molecule has 7 nitrogen and oxygen atoms in total. The maximum absolute atomic E-state index is 12.3. The van der Waals surface area contributed by atoms with E-state index >= 15 is 0 Å². The summed E-state index contributed by atoms with van der Waals surface area (Å²) >= 11 is 0. The molecule has 0 aliphatic carbocycles. The van der Waals surface area contributed by atoms with Crippen LogP contribution in [0.2, 0.25) is 0 Å². The molecule has 0 unspecified atom stereocenters. The van der Waals surface area contributed by atoms with E-state index in [0.717, 1.165) is 5.56 Å². The summed E-state index contributed by atoms with van der Waals surface area (Å²) in [6.45, 7) is 1.23. The van der Waals surface area contributed by atoms with Crippen LogP contribution in [0.15, 0.2) is 53.7 Å². The zero-order valence-corrected chi connectivity index (χ0v) is 15.1. The van der Waals surface area contributed by atoms with Crippen molar-refractivity contribution in [3.63, 3.8) is 0 Å². The zero-order valence-electron chi connectivity index (χ0n) is 14.3. The van der Waals surface area contributed by atoms with Crippen molar-refractivity contribution in [3.8, 4) is 0 Å². The molecule has 2 rings (SSSR count). The number of nitrogens with one attached hydrogen (secondary N) is 2. The number of pyridine rings is 1. The first-order valence-electron chi connectivity index (χ1n) is 7.80. The van der Waals surface area contributed by atoms with Crippen LogP contribution in [-0.2, 0) is 16.6 Å². The summed E-state index contributed by atoms with van der Waals surface area (Å²) < 4.78 is 27.1. The number of rotatable bonds is 8. The lowest BCUT2D eigenvalue weighted by Gasteiger charge is -2.11. The number of sulfonamides is 1. The quantitative estimate of drug-likeness (QED) is 0.726. The van der Waals surface area contributed by atoms with Crippen molar-refractivity contribution in [3.05, 3.63) is 59.9 Å². The van der Waals surface area contributed by atoms with E-state index < -0.39 is 10.0 Å². The molecule has 0 aliphatic heterocycles. The monoisotopic (exact) mass is 362 g/mol. The van der Waals surface area contributed by atoms with E-state index in [1.165, 1.54) is 12.1 Å². The molecule has 134 valence electrons. The van der Waals surface area contributed by atoms with Crippen molar-refractivity contribution in [2.24, 2.45) is 0 Å². The van der Waals surface area contributed by atoms with E-state index in [9.17, 15) is 13.2 Å². The van der Waals surface area contributed by atoms with Crippen LogP contribution in [-0.4, -0.2) is 51.4 Å². The molecule has 2 aromatic rings. The molecule has 0 fully saturated rings. The maximum atomic E-state index is 12.3. The van der Waals surface area contributed by atoms with Gasteiger partial charge in [0.2, 0.25) is 10.0 Å². The normalized spacial score (nSPS) is 11.5. The predicted molar refractivity (Wildman–Crippen MR) is 95.6 cm³/mol. The molecule has 0 saturated carbocycles. The van der Waals surface area contributed by atoms with Gasteiger partial charge in [0, 0.05) is 37.6 Å². The molecule has 0 saturated heterocycles. The van der Waals surface area contributed by atoms with E-state index in [1.54, 1.807) is 36.7 Å². The van der Waals surface area contributed by atoms with Crippen LogP contribution in [0.25, 0.3) is 0 Å². The lowest BCUT2D eigenvalue weighted by Crippen LogP contribution is -2.31. The average Bonchev–Trinajstić information content (AvgIpc) is 2.60. The van der Waals surface area contributed by atoms with E-state index in [0.29, 0.717) is 25.2 Å². The molecule has 0 spiro atoms. The summed E-state index contributed by atoms with van der Waals surface area (Å²) in [5.41, 5.74) is 1.21. The Morgan fingerprint density at radius 2 is 1.88 bits per heavy atom. The van der Waals surface area contributed by atoms with Crippen molar-refractivity contribution in [2.75, 3.05) is 27.2 Å². The molecule has 0 atom stereocenters. The second-order valence-corrected chi connectivity index (χ2v) is 7.53. The van der Waals surface area contributed by atoms with Gasteiger partial charge < -0.3 is 10.2 Å². The van der Waals surface area contributed by atoms with Gasteiger partial charge in [-0.15, -0.1) is 0 Å². The third kappa shape index (κ3) is 5.93. The first-order valence-corrected chi connectivity index (χ1v) is 9.28. The lowest BCUT2D eigenvalue weighted by molar-refractivity contribution is 0.0950. The molecular formula is C17H22N4O3S. The SMILES string of the molecule is CN(C)CCNS(=O)(=O)c1cccc(C(=O)NCc2ccncc2)c1. The summed E-state index contributed by atoms with van der Waals surface area (Å²) in [4.78, 5) is 18.1. The van der Waals surface area contributed by atoms with Gasteiger partial charge in [0.1, 0.15) is 0 Å². The van der Waals surface area contributed by atoms with Crippen LogP contribution >= 0.6 is 0 Å². The van der Waals surface area contributed by atoms with Crippen LogP contribution in [0.5, 0.6) is 0 Å². The van der Waals surface area contributed by atoms with E-state index in [-0.39, 0.29) is 10.8 Å². The van der Waals surface area contributed by atoms with Crippen molar-refractivity contribution < 1.29 is 13.2 Å². The summed E-state index contributed by atoms with van der Waals surface area (Å²) in [5.74, 6) is -0.331. The minimum absolute atomic E-state index is 0.0721. The summed E-state index contributed by atoms with van der Waals surface area (Å²) in [6, 6.07) is 9.59. The minimum Gasteiger partial charge on any atom is -0.348 e. The third-order valence-electron chi connectivity index (χ3n) is 3.46. The highest BCUT2D eigenvalue weighted by Crippen LogP contribution is 2.11. The Morgan fingerprint density at radius 3 is 2.56 bits per heavy atom. The van der Waals surface area contributed by atoms with Gasteiger partial charge in [-0.2, -0.15) is 0 Å². The van der Waals surface area contributed by atoms with Gasteiger partial charge in [0.15, 0.2) is 0 Å². The molecule has 8 heteroatoms. The van der Waals surface area contributed by atoms with Gasteiger partial charge in [0.05, 0.1) is 4.90 Å². The van der Waals surface area contributed by atoms with E-state index in [2.05, 4.69) is 15.0 Å². The topological polar surface area (TPSA) is 91.4 Å². The highest BCUT2D eigenvalue weighted by molar-refractivity contribution is 7.89. The number of hydrogen-bond donors (Lipinski definition) is 2. The number of benzene rings is 1. The summed E-state index contributed by atoms with van der Waals surface area (Å²) in [7, 11) is 0.0823. The van der Waals surface area contributed by atoms with Gasteiger partial charge in [-0.1, -0.05) is 6.07 Å². The Balaban J connectivity index is 2.03. The van der Waals surface area contributed by atoms with Crippen molar-refractivity contribution in [1.29, 1.82) is 0 Å². The fourth-order valence-electron chi connectivity index (χ4n) is 2.08. The molecule has 2 N–H and O–H groups in total. The first kappa shape index (κ1) is 19.0. The highest BCUT2D eigenvalue weighted by atomic mass is 32.2. The van der Waals surface area contributed by atoms with Gasteiger partial charge in [-0.25, -0.2) is 13.1 Å². The summed E-state index contributed by atoms with van der Waals surface area (Å²) in [6.07, 6.45) is 3.29. The van der Waals surface area contributed by atoms with Gasteiger partial charge >= 0.3 is 0 Å². The first-order chi connectivity index (χ1) is 11.9. The van der Waals surface area contributed by atoms with Crippen LogP contribution in [0.4, 0.5) is 0 Å². The Morgan fingerprint density at radius 1 is 1.16 bits per heavy atom. The largest absolute Gasteiger partial charge is 0.348 e. The van der Waals surface area contributed by atoms with Gasteiger partial charge in [-0.3, -0.25) is 9.78 Å². The molecule has 0 bridgehead atoms. The molecule has 1 aromatic carbocycles. The zero-order chi connectivity index (χ0) is 18.3. The van der Waals surface area contributed by atoms with E-state index in [4.69, 9.17) is 0 Å². The maximum Gasteiger partial charge on any atom is 0.251 e. The predicted octanol–water partition coefficient (Wildman–Crippen LogP) is 0.852. The van der Waals surface area contributed by atoms with Crippen molar-refractivity contribution in [2.45, 2.75) is 11.4 Å². The molecule has 1 heterocycles. The van der Waals surface area contributed by atoms with Crippen LogP contribution in [0.3, 0.4) is 0 Å². The number of hydrogen-bond acceptors (Lipinski definition) is 5. The van der Waals surface area contributed by atoms with Crippen LogP contribution in [0, 0.1) is 0 Å². The molecule has 1 aromatic heterocycles. The minimum atomic E-state index is -3.64. The van der Waals surface area contributed by atoms with Gasteiger partial charge in [-0.05, 0) is 50.0 Å². The van der Waals surface area contributed by atoms with Crippen molar-refractivity contribution >= 4 is 15.9 Å². The third-order valence-corrected chi connectivity index (χ3v) is 4.92. The standard InChI is InChI=1S/C17H22N4O3S/c1-21(2)11-10-20-25(23,24)16-5-3-4-15(12-16)17(22)19-13-14-6-8-18-9-7-14/h3-9,12,20H,10-11,13H2,1-2H3,(H,19,22). The fraction of sp³-hybridized carbons (Fsp3) is 0.294. The average molecular weight is 362 g/mol. The molecule has 0 aliphatic rings. The number of amides is 1. The number of nitrogens with zero attached hydrogens (tertiary/aromatic N) is 2. The number of carbonyl (C=O) groups is 1. The van der Waals surface area contributed by atoms with Crippen molar-refractivity contribution in [1.82, 2.24) is 19.9 Å². The smallest absolute Gasteiger partial charge is 0.251 e. The molecule has 1 amide bonds. The number of likely N-dealkylation sites (N-methyl/N-ethyl adjacent to an activating group) is 1. The van der Waals surface area contributed by atoms with Crippen LogP contribution < -0.4 is 10.0 Å². The van der Waals surface area contributed by atoms with E-state index in [1.807, 2.05) is 19.0 Å². The summed E-state index contributed by atoms with van der Waals surface area (Å²) in [5, 5.41) is 2.76. The molecular weight excluding hydrogens is 340 g/mol. The fourth-order valence-corrected chi connectivity index (χ4v) is 3.14. The second-order valence-electron chi connectivity index (χ2n) is 5.77. The Hall–Kier alpha value is -2.29. The molecule has 25 heavy (non-hydrogen) atoms. The van der Waals surface area contributed by atoms with Gasteiger partial charge in [0.25, 0.3) is 5.91 Å². The van der Waals surface area contributed by atoms with Crippen LogP contribution in [0.1, 0.15) is 15.9 Å². The Labute approximate surface area is 148 Å². The lowest BCUT2D eigenvalue weighted by atomic mass is 10.2. The number of aromatic nitrogens is 1. The Kier molecular flexibility index (Phi) is 6.63. The highest BCUT2D eigenvalue weighted by Gasteiger charge is 2.16. The molecule has 0 radical (unpaired) electrons. The Bertz CT molecular complexity index is 808. The number of carbonyl (C=O) groups excluding carboxylic acids is 1.